The summed E-state index contributed by atoms with van der Waals surface area (Å²) in [5.41, 5.74) is 4.67. The van der Waals surface area contributed by atoms with Crippen LogP contribution in [-0.4, -0.2) is 34.6 Å². The van der Waals surface area contributed by atoms with Gasteiger partial charge < -0.3 is 5.48 Å². The van der Waals surface area contributed by atoms with Gasteiger partial charge in [-0.2, -0.15) is 5.10 Å². The van der Waals surface area contributed by atoms with E-state index in [0.29, 0.717) is 5.96 Å². The van der Waals surface area contributed by atoms with Gasteiger partial charge in [-0.15, -0.1) is 0 Å². The van der Waals surface area contributed by atoms with Crippen LogP contribution in [0, 0.1) is 5.92 Å². The number of anilines is 1. The second kappa shape index (κ2) is 8.55. The predicted octanol–water partition coefficient (Wildman–Crippen LogP) is 2.14. The van der Waals surface area contributed by atoms with E-state index in [1.807, 2.05) is 42.5 Å². The van der Waals surface area contributed by atoms with E-state index in [2.05, 4.69) is 15.5 Å². The van der Waals surface area contributed by atoms with Gasteiger partial charge in [0.25, 0.3) is 0 Å². The highest BCUT2D eigenvalue weighted by Crippen LogP contribution is 2.33. The van der Waals surface area contributed by atoms with Gasteiger partial charge in [0.2, 0.25) is 11.9 Å². The highest BCUT2D eigenvalue weighted by molar-refractivity contribution is 6.18. The van der Waals surface area contributed by atoms with Crippen LogP contribution in [0.5, 0.6) is 0 Å². The molecule has 0 saturated heterocycles. The van der Waals surface area contributed by atoms with Crippen molar-refractivity contribution >= 4 is 23.8 Å². The number of rotatable bonds is 3. The van der Waals surface area contributed by atoms with Crippen molar-refractivity contribution in [3.63, 3.8) is 0 Å². The van der Waals surface area contributed by atoms with E-state index in [0.717, 1.165) is 36.9 Å². The number of carbonyl (C=O) groups excluding carboxylic acids is 1. The van der Waals surface area contributed by atoms with E-state index >= 15 is 0 Å². The fraction of sp³-hybridized carbons (Fsp3) is 0.300. The molecule has 4 rings (SSSR count). The molecule has 1 aromatic heterocycles. The molecule has 1 aliphatic carbocycles. The van der Waals surface area contributed by atoms with Crippen molar-refractivity contribution in [2.24, 2.45) is 16.0 Å². The summed E-state index contributed by atoms with van der Waals surface area (Å²) in [5.74, 6) is 0.566. The number of benzene rings is 1. The van der Waals surface area contributed by atoms with Gasteiger partial charge in [0.1, 0.15) is 0 Å². The van der Waals surface area contributed by atoms with Crippen LogP contribution in [0.1, 0.15) is 31.2 Å². The number of fused-ring (bicyclic) bond motifs is 1. The Morgan fingerprint density at radius 2 is 1.93 bits per heavy atom. The summed E-state index contributed by atoms with van der Waals surface area (Å²) >= 11 is 0. The summed E-state index contributed by atoms with van der Waals surface area (Å²) in [6, 6.07) is 13.4. The van der Waals surface area contributed by atoms with Crippen LogP contribution in [0.3, 0.4) is 0 Å². The van der Waals surface area contributed by atoms with E-state index in [1.54, 1.807) is 23.5 Å². The maximum Gasteiger partial charge on any atom is 0.239 e. The van der Waals surface area contributed by atoms with Crippen molar-refractivity contribution in [1.82, 2.24) is 10.4 Å². The average Bonchev–Trinajstić information content (AvgIpc) is 2.70. The lowest BCUT2D eigenvalue weighted by atomic mass is 9.83. The molecule has 1 aliphatic heterocycles. The zero-order chi connectivity index (χ0) is 17.8. The number of guanidine groups is 1. The molecule has 7 heteroatoms. The first-order chi connectivity index (χ1) is 12.8. The van der Waals surface area contributed by atoms with Crippen molar-refractivity contribution < 1.29 is 10.3 Å². The van der Waals surface area contributed by atoms with Gasteiger partial charge in [-0.05, 0) is 31.0 Å². The molecular weight excluding hydrogens is 342 g/mol. The normalized spacial score (nSPS) is 22.0. The second-order valence-corrected chi connectivity index (χ2v) is 6.58. The number of pyridine rings is 1. The van der Waals surface area contributed by atoms with Crippen molar-refractivity contribution in [1.29, 1.82) is 0 Å². The molecule has 2 aromatic rings. The summed E-state index contributed by atoms with van der Waals surface area (Å²) < 4.78 is 0. The number of nitrogens with one attached hydrogen (secondary N) is 1. The zero-order valence-electron chi connectivity index (χ0n) is 15.0. The Hall–Kier alpha value is -3.06. The molecular formula is C20H23N5O2. The third kappa shape index (κ3) is 4.03. The molecule has 140 valence electrons. The number of para-hydroxylation sites is 1. The Morgan fingerprint density at radius 1 is 1.11 bits per heavy atom. The van der Waals surface area contributed by atoms with E-state index in [-0.39, 0.29) is 23.3 Å². The lowest BCUT2D eigenvalue weighted by Crippen LogP contribution is -2.54. The number of hydrogen-bond donors (Lipinski definition) is 1. The number of carbonyl (C=O) groups is 1. The van der Waals surface area contributed by atoms with Gasteiger partial charge in [-0.3, -0.25) is 9.78 Å². The first kappa shape index (κ1) is 18.7. The Bertz CT molecular complexity index is 823. The first-order valence-corrected chi connectivity index (χ1v) is 8.99. The smallest absolute Gasteiger partial charge is 0.239 e. The zero-order valence-corrected chi connectivity index (χ0v) is 15.0. The van der Waals surface area contributed by atoms with Gasteiger partial charge in [-0.25, -0.2) is 15.3 Å². The molecule has 1 amide bonds. The molecule has 7 nitrogen and oxygen atoms in total. The van der Waals surface area contributed by atoms with Crippen LogP contribution >= 0.6 is 0 Å². The highest BCUT2D eigenvalue weighted by Gasteiger charge is 2.40. The van der Waals surface area contributed by atoms with Crippen LogP contribution in [-0.2, 0) is 4.79 Å². The number of aliphatic imine (C=N–C) groups is 1. The van der Waals surface area contributed by atoms with E-state index in [4.69, 9.17) is 4.99 Å². The van der Waals surface area contributed by atoms with E-state index in [9.17, 15) is 4.79 Å². The van der Waals surface area contributed by atoms with Gasteiger partial charge in [0.15, 0.2) is 0 Å². The Kier molecular flexibility index (Phi) is 5.93. The van der Waals surface area contributed by atoms with Crippen molar-refractivity contribution in [2.75, 3.05) is 4.90 Å². The number of hydrogen-bond acceptors (Lipinski definition) is 5. The minimum atomic E-state index is -0.0307. The van der Waals surface area contributed by atoms with Crippen LogP contribution in [0.4, 0.5) is 5.69 Å². The van der Waals surface area contributed by atoms with Crippen LogP contribution < -0.4 is 10.3 Å². The third-order valence-electron chi connectivity index (χ3n) is 4.84. The number of amides is 1. The third-order valence-corrected chi connectivity index (χ3v) is 4.84. The monoisotopic (exact) mass is 365 g/mol. The summed E-state index contributed by atoms with van der Waals surface area (Å²) in [6.07, 6.45) is 9.19. The number of aromatic nitrogens is 1. The maximum atomic E-state index is 13.1. The fourth-order valence-electron chi connectivity index (χ4n) is 3.56. The van der Waals surface area contributed by atoms with Crippen molar-refractivity contribution in [3.8, 4) is 0 Å². The van der Waals surface area contributed by atoms with E-state index < -0.39 is 0 Å². The topological polar surface area (TPSA) is 101 Å². The van der Waals surface area contributed by atoms with Gasteiger partial charge in [-0.1, -0.05) is 37.1 Å². The highest BCUT2D eigenvalue weighted by atomic mass is 16.2. The van der Waals surface area contributed by atoms with Gasteiger partial charge >= 0.3 is 0 Å². The van der Waals surface area contributed by atoms with Gasteiger partial charge in [0.05, 0.1) is 23.9 Å². The molecule has 1 aromatic carbocycles. The van der Waals surface area contributed by atoms with Crippen LogP contribution in [0.2, 0.25) is 0 Å². The molecule has 0 bridgehead atoms. The minimum absolute atomic E-state index is 0. The standard InChI is InChI=1S/C20H21N5O.H2O/c26-19-17-10-4-5-11-18(17)23-20(25(19)16-8-2-1-3-9-16)24-22-14-15-7-6-12-21-13-15;/h1-3,6-9,12-14,17-18H,4-5,10-11H2,(H,23,24);1H2/b22-14+;. The molecule has 2 atom stereocenters. The molecule has 1 fully saturated rings. The molecule has 27 heavy (non-hydrogen) atoms. The van der Waals surface area contributed by atoms with Crippen LogP contribution in [0.15, 0.2) is 65.0 Å². The maximum absolute atomic E-state index is 13.1. The lowest BCUT2D eigenvalue weighted by molar-refractivity contribution is -0.123. The van der Waals surface area contributed by atoms with E-state index in [1.165, 1.54) is 0 Å². The lowest BCUT2D eigenvalue weighted by Gasteiger charge is -2.38. The Labute approximate surface area is 158 Å². The largest absolute Gasteiger partial charge is 0.412 e. The van der Waals surface area contributed by atoms with Crippen molar-refractivity contribution in [2.45, 2.75) is 31.7 Å². The molecule has 2 aliphatic rings. The predicted molar refractivity (Wildman–Crippen MR) is 106 cm³/mol. The molecule has 1 saturated carbocycles. The summed E-state index contributed by atoms with van der Waals surface area (Å²) in [7, 11) is 0. The van der Waals surface area contributed by atoms with Gasteiger partial charge in [0, 0.05) is 18.0 Å². The SMILES string of the molecule is O.O=C1C2CCCCC2N=C(N/N=C/c2cccnc2)N1c1ccccc1. The Morgan fingerprint density at radius 3 is 2.70 bits per heavy atom. The first-order valence-electron chi connectivity index (χ1n) is 8.99. The van der Waals surface area contributed by atoms with Crippen LogP contribution in [0.25, 0.3) is 0 Å². The number of hydrazone groups is 1. The minimum Gasteiger partial charge on any atom is -0.412 e. The fourth-order valence-corrected chi connectivity index (χ4v) is 3.56. The molecule has 0 spiro atoms. The average molecular weight is 365 g/mol. The number of nitrogens with zero attached hydrogens (tertiary/aromatic N) is 4. The molecule has 0 radical (unpaired) electrons. The quantitative estimate of drug-likeness (QED) is 0.666. The summed E-state index contributed by atoms with van der Waals surface area (Å²) in [5, 5.41) is 4.27. The molecule has 2 heterocycles. The van der Waals surface area contributed by atoms with Crippen molar-refractivity contribution in [3.05, 3.63) is 60.4 Å². The summed E-state index contributed by atoms with van der Waals surface area (Å²) in [6.45, 7) is 0. The second-order valence-electron chi connectivity index (χ2n) is 6.58. The summed E-state index contributed by atoms with van der Waals surface area (Å²) in [4.78, 5) is 23.7. The Balaban J connectivity index is 0.00000210. The molecule has 3 N–H and O–H groups in total. The molecule has 2 unspecified atom stereocenters.